The number of nitrogens with one attached hydrogen (secondary N) is 1. The Hall–Kier alpha value is -3.18. The number of rotatable bonds is 7. The highest BCUT2D eigenvalue weighted by atomic mass is 32.2. The summed E-state index contributed by atoms with van der Waals surface area (Å²) in [6.45, 7) is 0.523. The second-order valence-electron chi connectivity index (χ2n) is 7.18. The van der Waals surface area contributed by atoms with E-state index in [1.54, 1.807) is 24.3 Å². The maximum absolute atomic E-state index is 12.6. The largest absolute Gasteiger partial charge is 0.497 e. The Balaban J connectivity index is 1.73. The molecule has 1 saturated heterocycles. The number of nitro groups is 1. The van der Waals surface area contributed by atoms with Gasteiger partial charge in [-0.05, 0) is 37.1 Å². The van der Waals surface area contributed by atoms with Crippen LogP contribution in [-0.4, -0.2) is 50.0 Å². The fourth-order valence-corrected chi connectivity index (χ4v) is 4.17. The summed E-state index contributed by atoms with van der Waals surface area (Å²) in [4.78, 5) is 23.4. The summed E-state index contributed by atoms with van der Waals surface area (Å²) < 4.78 is 35.4. The number of anilines is 1. The summed E-state index contributed by atoms with van der Waals surface area (Å²) in [7, 11) is -1.75. The van der Waals surface area contributed by atoms with Crippen LogP contribution in [0.1, 0.15) is 12.8 Å². The minimum absolute atomic E-state index is 0.196. The number of carbonyl (C=O) groups is 1. The van der Waals surface area contributed by atoms with Gasteiger partial charge in [-0.1, -0.05) is 0 Å². The highest BCUT2D eigenvalue weighted by molar-refractivity contribution is 7.88. The molecule has 0 aliphatic carbocycles. The van der Waals surface area contributed by atoms with Crippen molar-refractivity contribution in [1.82, 2.24) is 4.31 Å². The lowest BCUT2D eigenvalue weighted by molar-refractivity contribution is -0.384. The van der Waals surface area contributed by atoms with Crippen molar-refractivity contribution in [2.24, 2.45) is 5.92 Å². The molecule has 166 valence electrons. The van der Waals surface area contributed by atoms with Gasteiger partial charge in [-0.2, -0.15) is 0 Å². The Kier molecular flexibility index (Phi) is 6.76. The first-order chi connectivity index (χ1) is 14.7. The van der Waals surface area contributed by atoms with Gasteiger partial charge in [-0.25, -0.2) is 12.7 Å². The molecule has 0 saturated carbocycles. The predicted molar refractivity (Wildman–Crippen MR) is 114 cm³/mol. The van der Waals surface area contributed by atoms with Gasteiger partial charge >= 0.3 is 0 Å². The Morgan fingerprint density at radius 3 is 2.26 bits per heavy atom. The van der Waals surface area contributed by atoms with Gasteiger partial charge in [-0.3, -0.25) is 14.9 Å². The van der Waals surface area contributed by atoms with Crippen molar-refractivity contribution in [1.29, 1.82) is 0 Å². The van der Waals surface area contributed by atoms with Crippen LogP contribution in [0.2, 0.25) is 0 Å². The molecule has 3 rings (SSSR count). The molecule has 1 fully saturated rings. The van der Waals surface area contributed by atoms with Crippen molar-refractivity contribution in [3.05, 3.63) is 52.6 Å². The summed E-state index contributed by atoms with van der Waals surface area (Å²) in [6.07, 6.45) is 1.90. The second kappa shape index (κ2) is 9.31. The van der Waals surface area contributed by atoms with Crippen LogP contribution in [-0.2, 0) is 14.8 Å². The first kappa shape index (κ1) is 22.5. The van der Waals surface area contributed by atoms with Crippen LogP contribution >= 0.6 is 0 Å². The molecule has 31 heavy (non-hydrogen) atoms. The van der Waals surface area contributed by atoms with Crippen LogP contribution < -0.4 is 14.8 Å². The molecule has 0 unspecified atom stereocenters. The SMILES string of the molecule is COc1ccc(Oc2cc(NC(=O)C3CCN(S(C)(=O)=O)CC3)cc([N+](=O)[O-])c2)cc1. The Morgan fingerprint density at radius 1 is 1.10 bits per heavy atom. The highest BCUT2D eigenvalue weighted by Gasteiger charge is 2.29. The van der Waals surface area contributed by atoms with Gasteiger partial charge in [-0.15, -0.1) is 0 Å². The van der Waals surface area contributed by atoms with Crippen LogP contribution in [0.15, 0.2) is 42.5 Å². The lowest BCUT2D eigenvalue weighted by Gasteiger charge is -2.29. The number of ether oxygens (including phenoxy) is 2. The number of sulfonamides is 1. The summed E-state index contributed by atoms with van der Waals surface area (Å²) in [6, 6.07) is 10.7. The number of nitro benzene ring substituents is 1. The van der Waals surface area contributed by atoms with Crippen molar-refractivity contribution >= 4 is 27.3 Å². The van der Waals surface area contributed by atoms with Gasteiger partial charge in [0.2, 0.25) is 15.9 Å². The van der Waals surface area contributed by atoms with E-state index in [0.717, 1.165) is 6.26 Å². The Bertz CT molecular complexity index is 1060. The fraction of sp³-hybridized carbons (Fsp3) is 0.350. The van der Waals surface area contributed by atoms with Crippen LogP contribution in [0.25, 0.3) is 0 Å². The van der Waals surface area contributed by atoms with E-state index in [-0.39, 0.29) is 42.0 Å². The maximum Gasteiger partial charge on any atom is 0.275 e. The minimum atomic E-state index is -3.29. The molecule has 0 atom stereocenters. The van der Waals surface area contributed by atoms with Gasteiger partial charge in [0.15, 0.2) is 0 Å². The number of methoxy groups -OCH3 is 1. The minimum Gasteiger partial charge on any atom is -0.497 e. The highest BCUT2D eigenvalue weighted by Crippen LogP contribution is 2.31. The topological polar surface area (TPSA) is 128 Å². The third kappa shape index (κ3) is 5.92. The molecule has 1 amide bonds. The van der Waals surface area contributed by atoms with Crippen LogP contribution in [0.4, 0.5) is 11.4 Å². The quantitative estimate of drug-likeness (QED) is 0.508. The lowest BCUT2D eigenvalue weighted by atomic mass is 9.97. The normalized spacial score (nSPS) is 15.3. The van der Waals surface area contributed by atoms with Crippen LogP contribution in [0, 0.1) is 16.0 Å². The van der Waals surface area contributed by atoms with E-state index in [4.69, 9.17) is 9.47 Å². The summed E-state index contributed by atoms with van der Waals surface area (Å²) in [5, 5.41) is 14.0. The van der Waals surface area contributed by atoms with Gasteiger partial charge in [0.1, 0.15) is 17.2 Å². The smallest absolute Gasteiger partial charge is 0.275 e. The number of benzene rings is 2. The van der Waals surface area contributed by atoms with Gasteiger partial charge in [0.05, 0.1) is 30.0 Å². The van der Waals surface area contributed by atoms with Crippen LogP contribution in [0.3, 0.4) is 0 Å². The molecule has 0 radical (unpaired) electrons. The molecular formula is C20H23N3O7S. The number of hydrogen-bond donors (Lipinski definition) is 1. The fourth-order valence-electron chi connectivity index (χ4n) is 3.29. The Morgan fingerprint density at radius 2 is 1.71 bits per heavy atom. The van der Waals surface area contributed by atoms with Gasteiger partial charge in [0.25, 0.3) is 5.69 Å². The number of piperidine rings is 1. The predicted octanol–water partition coefficient (Wildman–Crippen LogP) is 3.01. The maximum atomic E-state index is 12.6. The summed E-state index contributed by atoms with van der Waals surface area (Å²) in [5.74, 6) is 0.585. The van der Waals surface area contributed by atoms with E-state index in [1.807, 2.05) is 0 Å². The third-order valence-electron chi connectivity index (χ3n) is 4.96. The second-order valence-corrected chi connectivity index (χ2v) is 9.16. The van der Waals surface area contributed by atoms with Crippen molar-refractivity contribution in [2.45, 2.75) is 12.8 Å². The van der Waals surface area contributed by atoms with Crippen molar-refractivity contribution < 1.29 is 27.6 Å². The molecule has 10 nitrogen and oxygen atoms in total. The van der Waals surface area contributed by atoms with Crippen LogP contribution in [0.5, 0.6) is 17.2 Å². The van der Waals surface area contributed by atoms with Gasteiger partial charge in [0, 0.05) is 31.1 Å². The zero-order chi connectivity index (χ0) is 22.6. The number of non-ortho nitro benzene ring substituents is 1. The molecule has 1 aliphatic rings. The first-order valence-electron chi connectivity index (χ1n) is 9.53. The number of amides is 1. The molecule has 1 aliphatic heterocycles. The zero-order valence-corrected chi connectivity index (χ0v) is 17.9. The lowest BCUT2D eigenvalue weighted by Crippen LogP contribution is -2.40. The number of nitrogens with zero attached hydrogens (tertiary/aromatic N) is 2. The van der Waals surface area contributed by atoms with E-state index in [9.17, 15) is 23.3 Å². The molecule has 0 bridgehead atoms. The number of carbonyl (C=O) groups excluding carboxylic acids is 1. The molecule has 1 N–H and O–H groups in total. The molecule has 0 aromatic heterocycles. The summed E-state index contributed by atoms with van der Waals surface area (Å²) in [5.41, 5.74) is 0.00135. The molecular weight excluding hydrogens is 426 g/mol. The van der Waals surface area contributed by atoms with Crippen molar-refractivity contribution in [2.75, 3.05) is 31.8 Å². The Labute approximate surface area is 180 Å². The zero-order valence-electron chi connectivity index (χ0n) is 17.1. The van der Waals surface area contributed by atoms with E-state index >= 15 is 0 Å². The van der Waals surface area contributed by atoms with Gasteiger partial charge < -0.3 is 14.8 Å². The molecule has 2 aromatic rings. The molecule has 2 aromatic carbocycles. The molecule has 0 spiro atoms. The molecule has 11 heteroatoms. The van der Waals surface area contributed by atoms with E-state index in [2.05, 4.69) is 5.32 Å². The van der Waals surface area contributed by atoms with Crippen molar-refractivity contribution in [3.8, 4) is 17.2 Å². The third-order valence-corrected chi connectivity index (χ3v) is 6.26. The average molecular weight is 449 g/mol. The first-order valence-corrected chi connectivity index (χ1v) is 11.4. The van der Waals surface area contributed by atoms with E-state index in [0.29, 0.717) is 24.3 Å². The van der Waals surface area contributed by atoms with E-state index < -0.39 is 14.9 Å². The van der Waals surface area contributed by atoms with E-state index in [1.165, 1.54) is 29.6 Å². The standard InChI is InChI=1S/C20H23N3O7S/c1-29-17-3-5-18(6-4-17)30-19-12-15(11-16(13-19)23(25)26)21-20(24)14-7-9-22(10-8-14)31(2,27)28/h3-6,11-14H,7-10H2,1-2H3,(H,21,24). The average Bonchev–Trinajstić information content (AvgIpc) is 2.73. The monoisotopic (exact) mass is 449 g/mol. The number of hydrogen-bond acceptors (Lipinski definition) is 7. The van der Waals surface area contributed by atoms with Crippen molar-refractivity contribution in [3.63, 3.8) is 0 Å². The molecule has 1 heterocycles. The summed E-state index contributed by atoms with van der Waals surface area (Å²) >= 11 is 0.